The molecule has 0 aliphatic heterocycles. The van der Waals surface area contributed by atoms with Gasteiger partial charge in [-0.3, -0.25) is 0 Å². The van der Waals surface area contributed by atoms with Crippen LogP contribution in [0.25, 0.3) is 0 Å². The number of carbonyl (C=O) groups excluding carboxylic acids is 2. The molecule has 0 amide bonds. The number of hydrogen-bond acceptors (Lipinski definition) is 6. The standard InChI is InChI=1S/2C18H36O3.Zn/c2*1-2-14-17(19)15-12-10-8-6-4-3-5-7-9-11-13-16-18(20)21;/h2*17,19H,2-16H2,1H3,(H,20,21);/q;;+2/p-2. The maximum absolute atomic E-state index is 10.2. The molecular weight excluding hydrogens is 594 g/mol. The monoisotopic (exact) mass is 662 g/mol. The van der Waals surface area contributed by atoms with Crippen molar-refractivity contribution in [2.75, 3.05) is 0 Å². The normalized spacial score (nSPS) is 12.2. The van der Waals surface area contributed by atoms with E-state index in [0.29, 0.717) is 0 Å². The van der Waals surface area contributed by atoms with Gasteiger partial charge in [0.05, 0.1) is 12.2 Å². The fourth-order valence-corrected chi connectivity index (χ4v) is 5.44. The number of unbranched alkanes of at least 4 members (excludes halogenated alkanes) is 20. The Balaban J connectivity index is -0.000000727. The van der Waals surface area contributed by atoms with Crippen molar-refractivity contribution >= 4 is 11.9 Å². The molecule has 0 aliphatic rings. The van der Waals surface area contributed by atoms with Crippen LogP contribution in [0.4, 0.5) is 0 Å². The molecule has 252 valence electrons. The van der Waals surface area contributed by atoms with Crippen molar-refractivity contribution < 1.29 is 49.5 Å². The van der Waals surface area contributed by atoms with E-state index in [4.69, 9.17) is 0 Å². The van der Waals surface area contributed by atoms with Crippen molar-refractivity contribution in [1.29, 1.82) is 0 Å². The van der Waals surface area contributed by atoms with Crippen LogP contribution in [0.2, 0.25) is 0 Å². The van der Waals surface area contributed by atoms with E-state index in [0.717, 1.165) is 77.0 Å². The maximum atomic E-state index is 10.2. The van der Waals surface area contributed by atoms with E-state index in [1.807, 2.05) is 0 Å². The molecule has 0 radical (unpaired) electrons. The Kier molecular flexibility index (Phi) is 43.1. The molecule has 0 saturated carbocycles. The van der Waals surface area contributed by atoms with Crippen LogP contribution in [0, 0.1) is 0 Å². The summed E-state index contributed by atoms with van der Waals surface area (Å²) in [6.07, 6.45) is 32.5. The van der Waals surface area contributed by atoms with Gasteiger partial charge in [-0.05, 0) is 51.4 Å². The summed E-state index contributed by atoms with van der Waals surface area (Å²) in [6, 6.07) is 0. The van der Waals surface area contributed by atoms with Gasteiger partial charge in [0.15, 0.2) is 0 Å². The van der Waals surface area contributed by atoms with Gasteiger partial charge in [0, 0.05) is 11.9 Å². The van der Waals surface area contributed by atoms with Crippen molar-refractivity contribution in [2.45, 2.75) is 219 Å². The third-order valence-corrected chi connectivity index (χ3v) is 8.08. The van der Waals surface area contributed by atoms with Crippen LogP contribution < -0.4 is 10.2 Å². The van der Waals surface area contributed by atoms with Gasteiger partial charge >= 0.3 is 19.5 Å². The molecule has 0 spiro atoms. The Labute approximate surface area is 279 Å². The molecule has 0 heterocycles. The maximum Gasteiger partial charge on any atom is 2.00 e. The Morgan fingerprint density at radius 3 is 0.837 bits per heavy atom. The molecule has 0 aromatic heterocycles. The van der Waals surface area contributed by atoms with Crippen LogP contribution in [0.15, 0.2) is 0 Å². The first-order valence-corrected chi connectivity index (χ1v) is 18.1. The number of carbonyl (C=O) groups is 2. The summed E-state index contributed by atoms with van der Waals surface area (Å²) in [5.74, 6) is -1.84. The van der Waals surface area contributed by atoms with E-state index in [9.17, 15) is 30.0 Å². The third-order valence-electron chi connectivity index (χ3n) is 8.08. The Morgan fingerprint density at radius 1 is 0.419 bits per heavy atom. The molecule has 6 nitrogen and oxygen atoms in total. The second-order valence-electron chi connectivity index (χ2n) is 12.5. The first-order valence-electron chi connectivity index (χ1n) is 18.1. The van der Waals surface area contributed by atoms with E-state index in [-0.39, 0.29) is 44.5 Å². The minimum Gasteiger partial charge on any atom is -0.550 e. The second-order valence-corrected chi connectivity index (χ2v) is 12.5. The summed E-state index contributed by atoms with van der Waals surface area (Å²) in [5.41, 5.74) is 0. The second kappa shape index (κ2) is 39.5. The van der Waals surface area contributed by atoms with Crippen molar-refractivity contribution in [3.8, 4) is 0 Å². The van der Waals surface area contributed by atoms with Crippen LogP contribution in [0.1, 0.15) is 206 Å². The Hall–Kier alpha value is -0.517. The Bertz CT molecular complexity index is 512. The Morgan fingerprint density at radius 2 is 0.628 bits per heavy atom. The van der Waals surface area contributed by atoms with Crippen molar-refractivity contribution in [3.05, 3.63) is 0 Å². The first-order chi connectivity index (χ1) is 20.3. The van der Waals surface area contributed by atoms with E-state index in [1.165, 1.54) is 103 Å². The predicted octanol–water partition coefficient (Wildman–Crippen LogP) is 7.93. The number of aliphatic carboxylic acids is 2. The van der Waals surface area contributed by atoms with Gasteiger partial charge in [-0.25, -0.2) is 0 Å². The molecular formula is C36H70O6Zn. The zero-order valence-electron chi connectivity index (χ0n) is 28.6. The first kappa shape index (κ1) is 46.9. The van der Waals surface area contributed by atoms with Crippen LogP contribution in [-0.2, 0) is 29.1 Å². The smallest absolute Gasteiger partial charge is 0.550 e. The zero-order chi connectivity index (χ0) is 31.5. The fourth-order valence-electron chi connectivity index (χ4n) is 5.44. The summed E-state index contributed by atoms with van der Waals surface area (Å²) < 4.78 is 0. The number of carboxylic acid groups (broad SMARTS) is 2. The SMILES string of the molecule is CCCC(O)CCCCCCCCCCCCCC(=O)[O-].CCCC(O)CCCCCCCCCCCCCC(=O)[O-].[Zn+2]. The fraction of sp³-hybridized carbons (Fsp3) is 0.944. The zero-order valence-corrected chi connectivity index (χ0v) is 31.6. The molecule has 2 atom stereocenters. The molecule has 0 aromatic rings. The summed E-state index contributed by atoms with van der Waals surface area (Å²) in [5, 5.41) is 39.7. The van der Waals surface area contributed by atoms with Gasteiger partial charge in [0.1, 0.15) is 0 Å². The molecule has 0 saturated heterocycles. The molecule has 7 heteroatoms. The summed E-state index contributed by atoms with van der Waals surface area (Å²) in [6.45, 7) is 4.24. The molecule has 2 N–H and O–H groups in total. The van der Waals surface area contributed by atoms with Gasteiger partial charge in [0.2, 0.25) is 0 Å². The molecule has 0 fully saturated rings. The predicted molar refractivity (Wildman–Crippen MR) is 172 cm³/mol. The number of rotatable bonds is 32. The number of aliphatic hydroxyl groups excluding tert-OH is 2. The minimum absolute atomic E-state index is 0. The number of carboxylic acids is 2. The van der Waals surface area contributed by atoms with Crippen LogP contribution in [0.5, 0.6) is 0 Å². The van der Waals surface area contributed by atoms with Crippen molar-refractivity contribution in [1.82, 2.24) is 0 Å². The molecule has 0 aliphatic carbocycles. The quantitative estimate of drug-likeness (QED) is 0.0557. The van der Waals surface area contributed by atoms with E-state index in [1.54, 1.807) is 0 Å². The molecule has 0 bridgehead atoms. The summed E-state index contributed by atoms with van der Waals surface area (Å²) in [7, 11) is 0. The van der Waals surface area contributed by atoms with Gasteiger partial charge < -0.3 is 30.0 Å². The van der Waals surface area contributed by atoms with Gasteiger partial charge in [0.25, 0.3) is 0 Å². The third kappa shape index (κ3) is 46.0. The van der Waals surface area contributed by atoms with E-state index >= 15 is 0 Å². The van der Waals surface area contributed by atoms with E-state index in [2.05, 4.69) is 13.8 Å². The van der Waals surface area contributed by atoms with Crippen LogP contribution in [0.3, 0.4) is 0 Å². The summed E-state index contributed by atoms with van der Waals surface area (Å²) in [4.78, 5) is 20.5. The summed E-state index contributed by atoms with van der Waals surface area (Å²) >= 11 is 0. The van der Waals surface area contributed by atoms with Gasteiger partial charge in [-0.1, -0.05) is 155 Å². The average molecular weight is 664 g/mol. The molecule has 0 aromatic carbocycles. The van der Waals surface area contributed by atoms with Crippen molar-refractivity contribution in [2.24, 2.45) is 0 Å². The topological polar surface area (TPSA) is 121 Å². The molecule has 0 rings (SSSR count). The molecule has 43 heavy (non-hydrogen) atoms. The van der Waals surface area contributed by atoms with Crippen LogP contribution in [-0.4, -0.2) is 34.4 Å². The molecule has 2 unspecified atom stereocenters. The van der Waals surface area contributed by atoms with E-state index < -0.39 is 11.9 Å². The van der Waals surface area contributed by atoms with Gasteiger partial charge in [-0.15, -0.1) is 0 Å². The number of hydrogen-bond donors (Lipinski definition) is 2. The minimum atomic E-state index is -0.919. The number of aliphatic hydroxyl groups is 2. The van der Waals surface area contributed by atoms with Crippen molar-refractivity contribution in [3.63, 3.8) is 0 Å². The van der Waals surface area contributed by atoms with Crippen LogP contribution >= 0.6 is 0 Å². The average Bonchev–Trinajstić information content (AvgIpc) is 2.94. The van der Waals surface area contributed by atoms with Gasteiger partial charge in [-0.2, -0.15) is 0 Å². The largest absolute Gasteiger partial charge is 2.00 e.